The van der Waals surface area contributed by atoms with Crippen LogP contribution in [-0.4, -0.2) is 26.2 Å². The molecule has 0 unspecified atom stereocenters. The quantitative estimate of drug-likeness (QED) is 0.623. The van der Waals surface area contributed by atoms with E-state index in [0.717, 1.165) is 23.4 Å². The molecule has 0 aliphatic carbocycles. The molecule has 1 N–H and O–H groups in total. The fourth-order valence-electron chi connectivity index (χ4n) is 2.51. The molecule has 3 aromatic rings. The minimum atomic E-state index is -0.143. The smallest absolute Gasteiger partial charge is 0.227 e. The lowest BCUT2D eigenvalue weighted by Gasteiger charge is -2.04. The van der Waals surface area contributed by atoms with E-state index in [2.05, 4.69) is 58.6 Å². The Morgan fingerprint density at radius 2 is 1.96 bits per heavy atom. The average molecular weight is 385 g/mol. The Hall–Kier alpha value is -2.61. The Labute approximate surface area is 162 Å². The van der Waals surface area contributed by atoms with Gasteiger partial charge in [-0.3, -0.25) is 4.79 Å². The van der Waals surface area contributed by atoms with Crippen molar-refractivity contribution in [3.05, 3.63) is 40.7 Å². The molecule has 27 heavy (non-hydrogen) atoms. The average Bonchev–Trinajstić information content (AvgIpc) is 3.30. The van der Waals surface area contributed by atoms with Gasteiger partial charge >= 0.3 is 0 Å². The van der Waals surface area contributed by atoms with E-state index in [0.29, 0.717) is 29.2 Å². The van der Waals surface area contributed by atoms with Crippen LogP contribution in [0.5, 0.6) is 0 Å². The highest BCUT2D eigenvalue weighted by atomic mass is 32.1. The maximum atomic E-state index is 12.1. The summed E-state index contributed by atoms with van der Waals surface area (Å²) in [4.78, 5) is 16.4. The van der Waals surface area contributed by atoms with E-state index in [-0.39, 0.29) is 12.3 Å². The fraction of sp³-hybridized carbons (Fsp3) is 0.421. The van der Waals surface area contributed by atoms with Crippen molar-refractivity contribution in [1.82, 2.24) is 20.3 Å². The van der Waals surface area contributed by atoms with Crippen LogP contribution in [-0.2, 0) is 17.6 Å². The first kappa shape index (κ1) is 19.2. The van der Waals surface area contributed by atoms with Crippen molar-refractivity contribution in [3.63, 3.8) is 0 Å². The zero-order valence-corrected chi connectivity index (χ0v) is 16.5. The lowest BCUT2D eigenvalue weighted by Crippen LogP contribution is -2.12. The highest BCUT2D eigenvalue weighted by Crippen LogP contribution is 2.21. The van der Waals surface area contributed by atoms with Gasteiger partial charge in [-0.25, -0.2) is 0 Å². The molecule has 0 saturated heterocycles. The molecule has 0 saturated carbocycles. The number of aryl methyl sites for hydroxylation is 2. The largest absolute Gasteiger partial charge is 0.339 e. The van der Waals surface area contributed by atoms with Crippen molar-refractivity contribution in [1.29, 1.82) is 0 Å². The van der Waals surface area contributed by atoms with Crippen LogP contribution in [0.4, 0.5) is 5.13 Å². The van der Waals surface area contributed by atoms with Gasteiger partial charge in [-0.2, -0.15) is 4.98 Å². The summed E-state index contributed by atoms with van der Waals surface area (Å²) >= 11 is 1.41. The molecule has 7 nitrogen and oxygen atoms in total. The summed E-state index contributed by atoms with van der Waals surface area (Å²) in [5.41, 5.74) is 2.16. The van der Waals surface area contributed by atoms with Crippen LogP contribution in [0.15, 0.2) is 28.8 Å². The molecule has 2 aromatic heterocycles. The van der Waals surface area contributed by atoms with Gasteiger partial charge in [-0.05, 0) is 17.9 Å². The minimum absolute atomic E-state index is 0.143. The second-order valence-corrected chi connectivity index (χ2v) is 7.65. The van der Waals surface area contributed by atoms with Crippen LogP contribution in [0, 0.1) is 0 Å². The molecule has 8 heteroatoms. The summed E-state index contributed by atoms with van der Waals surface area (Å²) in [7, 11) is 0. The molecule has 0 aliphatic heterocycles. The van der Waals surface area contributed by atoms with Crippen molar-refractivity contribution in [3.8, 4) is 11.4 Å². The Kier molecular flexibility index (Phi) is 6.28. The molecule has 0 radical (unpaired) electrons. The van der Waals surface area contributed by atoms with Crippen LogP contribution >= 0.6 is 11.3 Å². The second kappa shape index (κ2) is 8.85. The maximum Gasteiger partial charge on any atom is 0.227 e. The van der Waals surface area contributed by atoms with Gasteiger partial charge in [0.15, 0.2) is 0 Å². The van der Waals surface area contributed by atoms with Crippen LogP contribution in [0.1, 0.15) is 56.0 Å². The predicted octanol–water partition coefficient (Wildman–Crippen LogP) is 4.24. The number of carbonyl (C=O) groups is 1. The molecule has 0 atom stereocenters. The van der Waals surface area contributed by atoms with Gasteiger partial charge in [-0.1, -0.05) is 61.5 Å². The number of benzene rings is 1. The summed E-state index contributed by atoms with van der Waals surface area (Å²) in [6, 6.07) is 8.11. The lowest BCUT2D eigenvalue weighted by molar-refractivity contribution is -0.116. The maximum absolute atomic E-state index is 12.1. The Morgan fingerprint density at radius 1 is 1.19 bits per heavy atom. The number of anilines is 1. The van der Waals surface area contributed by atoms with E-state index < -0.39 is 0 Å². The first-order valence-electron chi connectivity index (χ1n) is 9.10. The van der Waals surface area contributed by atoms with E-state index in [9.17, 15) is 4.79 Å². The normalized spacial score (nSPS) is 11.1. The molecule has 0 fully saturated rings. The lowest BCUT2D eigenvalue weighted by atomic mass is 10.0. The van der Waals surface area contributed by atoms with Gasteiger partial charge in [0.1, 0.15) is 5.01 Å². The van der Waals surface area contributed by atoms with Crippen molar-refractivity contribution >= 4 is 22.4 Å². The summed E-state index contributed by atoms with van der Waals surface area (Å²) in [5.74, 6) is 1.31. The number of hydrogen-bond donors (Lipinski definition) is 1. The molecule has 0 spiro atoms. The Morgan fingerprint density at radius 3 is 2.67 bits per heavy atom. The predicted molar refractivity (Wildman–Crippen MR) is 105 cm³/mol. The number of carbonyl (C=O) groups excluding carboxylic acids is 1. The number of nitrogens with zero attached hydrogens (tertiary/aromatic N) is 4. The van der Waals surface area contributed by atoms with Crippen molar-refractivity contribution in [2.75, 3.05) is 5.32 Å². The zero-order valence-electron chi connectivity index (χ0n) is 15.7. The van der Waals surface area contributed by atoms with Crippen molar-refractivity contribution in [2.45, 2.75) is 52.4 Å². The van der Waals surface area contributed by atoms with E-state index in [4.69, 9.17) is 4.52 Å². The van der Waals surface area contributed by atoms with Gasteiger partial charge in [0.2, 0.25) is 22.8 Å². The van der Waals surface area contributed by atoms with E-state index >= 15 is 0 Å². The number of amides is 1. The molecule has 1 amide bonds. The molecular weight excluding hydrogens is 362 g/mol. The van der Waals surface area contributed by atoms with E-state index in [1.54, 1.807) is 0 Å². The fourth-order valence-corrected chi connectivity index (χ4v) is 3.37. The third kappa shape index (κ3) is 5.19. The van der Waals surface area contributed by atoms with E-state index in [1.807, 2.05) is 12.1 Å². The molecular formula is C19H23N5O2S. The van der Waals surface area contributed by atoms with Gasteiger partial charge in [0.05, 0.1) is 0 Å². The number of nitrogens with one attached hydrogen (secondary N) is 1. The van der Waals surface area contributed by atoms with Crippen LogP contribution < -0.4 is 5.32 Å². The van der Waals surface area contributed by atoms with Crippen molar-refractivity contribution in [2.24, 2.45) is 0 Å². The van der Waals surface area contributed by atoms with Gasteiger partial charge in [-0.15, -0.1) is 10.2 Å². The van der Waals surface area contributed by atoms with Gasteiger partial charge in [0.25, 0.3) is 0 Å². The van der Waals surface area contributed by atoms with E-state index in [1.165, 1.54) is 16.9 Å². The second-order valence-electron chi connectivity index (χ2n) is 6.59. The van der Waals surface area contributed by atoms with Crippen LogP contribution in [0.3, 0.4) is 0 Å². The Bertz CT molecular complexity index is 886. The highest BCUT2D eigenvalue weighted by Gasteiger charge is 2.13. The molecule has 142 valence electrons. The topological polar surface area (TPSA) is 93.8 Å². The molecule has 1 aromatic carbocycles. The summed E-state index contributed by atoms with van der Waals surface area (Å²) in [5, 5.41) is 16.2. The van der Waals surface area contributed by atoms with Gasteiger partial charge in [0, 0.05) is 24.8 Å². The van der Waals surface area contributed by atoms with Gasteiger partial charge < -0.3 is 9.84 Å². The Balaban J connectivity index is 1.53. The standard InChI is InChI=1S/C19H23N5O2S/c1-4-5-17-22-23-19(27-17)20-15(25)10-11-16-21-18(24-26-16)14-8-6-13(7-9-14)12(2)3/h6-9,12H,4-5,10-11H2,1-3H3,(H,20,23,25). The van der Waals surface area contributed by atoms with Crippen LogP contribution in [0.25, 0.3) is 11.4 Å². The summed E-state index contributed by atoms with van der Waals surface area (Å²) < 4.78 is 5.27. The SMILES string of the molecule is CCCc1nnc(NC(=O)CCc2nc(-c3ccc(C(C)C)cc3)no2)s1. The zero-order chi connectivity index (χ0) is 19.2. The minimum Gasteiger partial charge on any atom is -0.339 e. The number of rotatable bonds is 8. The van der Waals surface area contributed by atoms with Crippen LogP contribution in [0.2, 0.25) is 0 Å². The first-order valence-corrected chi connectivity index (χ1v) is 9.92. The highest BCUT2D eigenvalue weighted by molar-refractivity contribution is 7.15. The number of hydrogen-bond acceptors (Lipinski definition) is 7. The summed E-state index contributed by atoms with van der Waals surface area (Å²) in [6.07, 6.45) is 2.50. The summed E-state index contributed by atoms with van der Waals surface area (Å²) in [6.45, 7) is 6.38. The molecule has 0 bridgehead atoms. The molecule has 2 heterocycles. The number of aromatic nitrogens is 4. The molecule has 3 rings (SSSR count). The molecule has 0 aliphatic rings. The third-order valence-corrected chi connectivity index (χ3v) is 4.95. The first-order chi connectivity index (χ1) is 13.0. The third-order valence-electron chi connectivity index (χ3n) is 4.05. The van der Waals surface area contributed by atoms with Crippen molar-refractivity contribution < 1.29 is 9.32 Å². The monoisotopic (exact) mass is 385 g/mol.